The summed E-state index contributed by atoms with van der Waals surface area (Å²) in [6.45, 7) is 8.05. The lowest BCUT2D eigenvalue weighted by Crippen LogP contribution is -2.24. The zero-order valence-electron chi connectivity index (χ0n) is 15.4. The van der Waals surface area contributed by atoms with E-state index < -0.39 is 0 Å². The van der Waals surface area contributed by atoms with Crippen LogP contribution >= 0.6 is 0 Å². The Morgan fingerprint density at radius 2 is 1.93 bits per heavy atom. The molecule has 0 radical (unpaired) electrons. The number of nitrogens with two attached hydrogens (primary N) is 1. The standard InChI is InChI=1S/C20H22N6O/c1-4-12-22-19-17(15-10-11-16(27)26(25-15)13(2)3)18(23-20(21)24-19)14-8-6-5-7-9-14/h4-11,13H,1,12H2,2-3H3,(H3,21,22,23,24). The van der Waals surface area contributed by atoms with Gasteiger partial charge in [0, 0.05) is 18.2 Å². The van der Waals surface area contributed by atoms with Crippen molar-refractivity contribution in [1.29, 1.82) is 0 Å². The summed E-state index contributed by atoms with van der Waals surface area (Å²) in [7, 11) is 0. The highest BCUT2D eigenvalue weighted by Gasteiger charge is 2.19. The topological polar surface area (TPSA) is 98.7 Å². The average molecular weight is 362 g/mol. The molecule has 7 nitrogen and oxygen atoms in total. The third-order valence-corrected chi connectivity index (χ3v) is 3.96. The van der Waals surface area contributed by atoms with Crippen LogP contribution in [0, 0.1) is 0 Å². The molecule has 2 aromatic heterocycles. The van der Waals surface area contributed by atoms with Gasteiger partial charge in [-0.25, -0.2) is 9.67 Å². The second-order valence-corrected chi connectivity index (χ2v) is 6.28. The Labute approximate surface area is 157 Å². The summed E-state index contributed by atoms with van der Waals surface area (Å²) in [4.78, 5) is 20.9. The van der Waals surface area contributed by atoms with Crippen LogP contribution in [-0.4, -0.2) is 26.3 Å². The van der Waals surface area contributed by atoms with Gasteiger partial charge in [-0.15, -0.1) is 6.58 Å². The molecule has 0 saturated heterocycles. The molecule has 138 valence electrons. The predicted octanol–water partition coefficient (Wildman–Crippen LogP) is 3.13. The van der Waals surface area contributed by atoms with Gasteiger partial charge in [0.05, 0.1) is 23.0 Å². The molecule has 27 heavy (non-hydrogen) atoms. The highest BCUT2D eigenvalue weighted by molar-refractivity contribution is 5.87. The fraction of sp³-hybridized carbons (Fsp3) is 0.200. The summed E-state index contributed by atoms with van der Waals surface area (Å²) in [5, 5.41) is 7.74. The Balaban J connectivity index is 2.30. The zero-order chi connectivity index (χ0) is 19.4. The lowest BCUT2D eigenvalue weighted by Gasteiger charge is -2.16. The molecule has 0 spiro atoms. The van der Waals surface area contributed by atoms with E-state index in [9.17, 15) is 4.79 Å². The molecule has 0 aliphatic carbocycles. The average Bonchev–Trinajstić information content (AvgIpc) is 2.67. The van der Waals surface area contributed by atoms with Crippen LogP contribution in [0.5, 0.6) is 0 Å². The molecule has 0 aliphatic heterocycles. The van der Waals surface area contributed by atoms with Crippen molar-refractivity contribution in [2.75, 3.05) is 17.6 Å². The van der Waals surface area contributed by atoms with Gasteiger partial charge >= 0.3 is 0 Å². The first-order chi connectivity index (χ1) is 13.0. The number of nitrogen functional groups attached to an aromatic ring is 1. The van der Waals surface area contributed by atoms with Gasteiger partial charge in [-0.05, 0) is 19.9 Å². The number of hydrogen-bond donors (Lipinski definition) is 2. The molecule has 0 bridgehead atoms. The Kier molecular flexibility index (Phi) is 5.30. The fourth-order valence-electron chi connectivity index (χ4n) is 2.75. The van der Waals surface area contributed by atoms with Crippen molar-refractivity contribution >= 4 is 11.8 Å². The van der Waals surface area contributed by atoms with Gasteiger partial charge in [-0.1, -0.05) is 36.4 Å². The Morgan fingerprint density at radius 3 is 2.59 bits per heavy atom. The van der Waals surface area contributed by atoms with E-state index >= 15 is 0 Å². The van der Waals surface area contributed by atoms with Crippen LogP contribution in [0.15, 0.2) is 59.9 Å². The Bertz CT molecular complexity index is 1010. The van der Waals surface area contributed by atoms with Gasteiger partial charge in [-0.2, -0.15) is 10.1 Å². The molecule has 0 amide bonds. The minimum atomic E-state index is -0.160. The van der Waals surface area contributed by atoms with E-state index in [-0.39, 0.29) is 17.5 Å². The summed E-state index contributed by atoms with van der Waals surface area (Å²) in [6.07, 6.45) is 1.73. The molecular formula is C20H22N6O. The van der Waals surface area contributed by atoms with E-state index in [1.807, 2.05) is 44.2 Å². The maximum absolute atomic E-state index is 12.1. The largest absolute Gasteiger partial charge is 0.368 e. The molecule has 3 N–H and O–H groups in total. The molecule has 0 fully saturated rings. The van der Waals surface area contributed by atoms with Gasteiger partial charge < -0.3 is 11.1 Å². The van der Waals surface area contributed by atoms with Gasteiger partial charge in [-0.3, -0.25) is 4.79 Å². The molecule has 0 saturated carbocycles. The normalized spacial score (nSPS) is 10.8. The number of nitrogens with one attached hydrogen (secondary N) is 1. The van der Waals surface area contributed by atoms with Gasteiger partial charge in [0.25, 0.3) is 5.56 Å². The van der Waals surface area contributed by atoms with Crippen molar-refractivity contribution in [1.82, 2.24) is 19.7 Å². The van der Waals surface area contributed by atoms with Crippen LogP contribution in [0.4, 0.5) is 11.8 Å². The van der Waals surface area contributed by atoms with E-state index in [2.05, 4.69) is 27.0 Å². The van der Waals surface area contributed by atoms with Gasteiger partial charge in [0.1, 0.15) is 5.82 Å². The molecule has 1 aromatic carbocycles. The smallest absolute Gasteiger partial charge is 0.267 e. The first-order valence-electron chi connectivity index (χ1n) is 8.69. The number of anilines is 2. The van der Waals surface area contributed by atoms with Crippen LogP contribution in [0.1, 0.15) is 19.9 Å². The van der Waals surface area contributed by atoms with E-state index in [1.165, 1.54) is 10.7 Å². The molecule has 3 rings (SSSR count). The highest BCUT2D eigenvalue weighted by Crippen LogP contribution is 2.34. The van der Waals surface area contributed by atoms with Crippen LogP contribution in [0.3, 0.4) is 0 Å². The Morgan fingerprint density at radius 1 is 1.19 bits per heavy atom. The molecule has 0 unspecified atom stereocenters. The summed E-state index contributed by atoms with van der Waals surface area (Å²) >= 11 is 0. The van der Waals surface area contributed by atoms with Crippen LogP contribution < -0.4 is 16.6 Å². The summed E-state index contributed by atoms with van der Waals surface area (Å²) < 4.78 is 1.44. The van der Waals surface area contributed by atoms with Crippen molar-refractivity contribution in [3.8, 4) is 22.5 Å². The second kappa shape index (κ2) is 7.82. The summed E-state index contributed by atoms with van der Waals surface area (Å²) in [5.74, 6) is 0.698. The zero-order valence-corrected chi connectivity index (χ0v) is 15.4. The SMILES string of the molecule is C=CCNc1nc(N)nc(-c2ccccc2)c1-c1ccc(=O)n(C(C)C)n1. The first-order valence-corrected chi connectivity index (χ1v) is 8.69. The number of nitrogens with zero attached hydrogens (tertiary/aromatic N) is 4. The van der Waals surface area contributed by atoms with Crippen molar-refractivity contribution in [3.63, 3.8) is 0 Å². The van der Waals surface area contributed by atoms with Gasteiger partial charge in [0.15, 0.2) is 0 Å². The third-order valence-electron chi connectivity index (χ3n) is 3.96. The quantitative estimate of drug-likeness (QED) is 0.654. The van der Waals surface area contributed by atoms with Crippen LogP contribution in [0.2, 0.25) is 0 Å². The highest BCUT2D eigenvalue weighted by atomic mass is 16.1. The number of aromatic nitrogens is 4. The van der Waals surface area contributed by atoms with Crippen molar-refractivity contribution < 1.29 is 0 Å². The molecular weight excluding hydrogens is 340 g/mol. The monoisotopic (exact) mass is 362 g/mol. The maximum Gasteiger partial charge on any atom is 0.267 e. The number of rotatable bonds is 6. The van der Waals surface area contributed by atoms with Crippen molar-refractivity contribution in [2.45, 2.75) is 19.9 Å². The molecule has 3 aromatic rings. The number of benzene rings is 1. The van der Waals surface area contributed by atoms with E-state index in [4.69, 9.17) is 5.73 Å². The summed E-state index contributed by atoms with van der Waals surface area (Å²) in [6, 6.07) is 12.8. The van der Waals surface area contributed by atoms with E-state index in [1.54, 1.807) is 12.1 Å². The van der Waals surface area contributed by atoms with Crippen molar-refractivity contribution in [2.24, 2.45) is 0 Å². The predicted molar refractivity (Wildman–Crippen MR) is 108 cm³/mol. The molecule has 2 heterocycles. The van der Waals surface area contributed by atoms with E-state index in [0.29, 0.717) is 29.3 Å². The molecule has 0 atom stereocenters. The molecule has 7 heteroatoms. The minimum absolute atomic E-state index is 0.0723. The fourth-order valence-corrected chi connectivity index (χ4v) is 2.75. The maximum atomic E-state index is 12.1. The summed E-state index contributed by atoms with van der Waals surface area (Å²) in [5.41, 5.74) is 8.60. The first kappa shape index (κ1) is 18.3. The lowest BCUT2D eigenvalue weighted by atomic mass is 10.0. The lowest BCUT2D eigenvalue weighted by molar-refractivity contribution is 0.505. The second-order valence-electron chi connectivity index (χ2n) is 6.28. The minimum Gasteiger partial charge on any atom is -0.368 e. The van der Waals surface area contributed by atoms with Crippen LogP contribution in [0.25, 0.3) is 22.5 Å². The molecule has 0 aliphatic rings. The van der Waals surface area contributed by atoms with Gasteiger partial charge in [0.2, 0.25) is 5.95 Å². The Hall–Kier alpha value is -3.48. The van der Waals surface area contributed by atoms with Crippen molar-refractivity contribution in [3.05, 3.63) is 65.5 Å². The van der Waals surface area contributed by atoms with E-state index in [0.717, 1.165) is 5.56 Å². The third kappa shape index (κ3) is 3.87. The number of hydrogen-bond acceptors (Lipinski definition) is 6. The van der Waals surface area contributed by atoms with Crippen LogP contribution in [-0.2, 0) is 0 Å².